The third-order valence-electron chi connectivity index (χ3n) is 16.4. The third-order valence-corrected chi connectivity index (χ3v) is 16.6. The van der Waals surface area contributed by atoms with Crippen molar-refractivity contribution < 1.29 is 59.1 Å². The van der Waals surface area contributed by atoms with Crippen molar-refractivity contribution in [1.82, 2.24) is 25.3 Å². The number of aliphatic hydroxyl groups is 1. The average molecular weight is 1730 g/mol. The largest absolute Gasteiger partial charge is 2.00 e. The molecular weight excluding hydrogens is 1620 g/mol. The van der Waals surface area contributed by atoms with E-state index in [0.717, 1.165) is 79.6 Å². The average Bonchev–Trinajstić information content (AvgIpc) is 0.784. The van der Waals surface area contributed by atoms with Crippen molar-refractivity contribution in [1.29, 1.82) is 0 Å². The molecule has 116 heavy (non-hydrogen) atoms. The summed E-state index contributed by atoms with van der Waals surface area (Å²) in [5.41, 5.74) is 8.39. The van der Waals surface area contributed by atoms with Gasteiger partial charge in [-0.25, -0.2) is 31.1 Å². The molecule has 0 saturated heterocycles. The van der Waals surface area contributed by atoms with Crippen LogP contribution in [0.4, 0.5) is 26.3 Å². The number of likely N-dealkylation sites (N-methyl/N-ethyl adjacent to an activating group) is 1. The van der Waals surface area contributed by atoms with Crippen LogP contribution in [0.5, 0.6) is 0 Å². The van der Waals surface area contributed by atoms with Gasteiger partial charge >= 0.3 is 36.4 Å². The van der Waals surface area contributed by atoms with E-state index in [0.29, 0.717) is 50.3 Å². The maximum absolute atomic E-state index is 13.8. The summed E-state index contributed by atoms with van der Waals surface area (Å²) in [6, 6.07) is 78.4. The molecule has 21 heteroatoms. The molecule has 10 rings (SSSR count). The number of esters is 2. The molecule has 0 aromatic heterocycles. The summed E-state index contributed by atoms with van der Waals surface area (Å²) in [6.07, 6.45) is 4.72. The Morgan fingerprint density at radius 3 is 1.29 bits per heavy atom. The first-order valence-corrected chi connectivity index (χ1v) is 37.4. The standard InChI is InChI=1S/C23H23F2NO.C23H21F2N.C16H17F2N.C13H19NO2.C8H11N.C7H3Br.C5H8O2.3ClH.Mg.3H2.2H/c1-26(17-18-7-3-2-4-8-18)14-13-23(27,19-9-5-11-21(24)15-19)20-10-6-12-22(25)16-20;1-26(17-18-7-3-2-4-8-18)14-13-23(19-9-5-11-21(24)15-19)20-10-6-12-22(25)16-20;1-19-9-8-16(12-4-2-6-14(17)10-12)13-5-3-7-15(18)11-13;1-3-16-13(15)9-10-14(2)11-12-7-5-4-6-8-12;1-9-7-8-5-3-2-4-6-8;1-2-3-4-5-6-7-8;1-3-5(6)7-4-2;;;;;;;;;/h2-12,15-16,27H,13-14,17H2,1H3;2-13,15-16H,14,17H2,1H3;2-7,10-11,16,19H,8-9H2,1H3;4-8H,3,9-11H2,1-2H3;2-6,9H,7H2,1H3;1H3;3H,1,4H2,2H3;3*1H;;3*1H;;/q;;;;;;;;;;+2;;;;2*-1/p+1/i;;;;;;;;;;;1+1;;;;. The van der Waals surface area contributed by atoms with E-state index < -0.39 is 17.2 Å². The zero-order valence-corrected chi connectivity index (χ0v) is 72.5. The van der Waals surface area contributed by atoms with Crippen LogP contribution in [0, 0.1) is 69.3 Å². The Morgan fingerprint density at radius 1 is 0.534 bits per heavy atom. The SMILES string of the molecule is C=CC(=O)OCC.CC#CC#CC#CBr.CCOC(=O)CCN(C)Cc1ccccc1.CN(CC=C(c1cccc(F)c1)c1cccc(F)c1)Cc1ccccc1.CN(CCC(O)(c1cccc(F)c1)c1cccc(F)c1)Cc1ccccc1.CNCCC(c1cccc(F)c1)c1cccc(F)c1.CNCc1ccccc1.Cl.Cl.Cl.[2HH].[H+].[H-].[H-].[HH].[HH].[Mg+2]. The second-order valence-corrected chi connectivity index (χ2v) is 25.7. The van der Waals surface area contributed by atoms with Gasteiger partial charge in [-0.2, -0.15) is 0 Å². The fraction of sp³-hybridized carbons (Fsp3) is 0.242. The number of carbonyl (C=O) groups excluding carboxylic acids is 2. The van der Waals surface area contributed by atoms with Crippen LogP contribution in [-0.2, 0) is 50.8 Å². The number of benzene rings is 10. The number of ether oxygens (including phenoxy) is 2. The molecule has 10 aromatic carbocycles. The van der Waals surface area contributed by atoms with Gasteiger partial charge in [-0.3, -0.25) is 9.69 Å². The molecule has 620 valence electrons. The second kappa shape index (κ2) is 63.9. The number of nitrogens with one attached hydrogen (secondary N) is 2. The zero-order chi connectivity index (χ0) is 81.6. The van der Waals surface area contributed by atoms with Gasteiger partial charge in [-0.1, -0.05) is 213 Å². The molecule has 0 bridgehead atoms. The summed E-state index contributed by atoms with van der Waals surface area (Å²) in [7, 11) is 9.82. The Hall–Kier alpha value is -9.24. The number of carbonyl (C=O) groups is 2. The van der Waals surface area contributed by atoms with Crippen LogP contribution in [0.2, 0.25) is 0 Å². The van der Waals surface area contributed by atoms with Crippen molar-refractivity contribution in [2.75, 3.05) is 74.6 Å². The minimum Gasteiger partial charge on any atom is -1.00 e. The molecule has 0 fully saturated rings. The predicted octanol–water partition coefficient (Wildman–Crippen LogP) is 21.5. The van der Waals surface area contributed by atoms with Gasteiger partial charge in [-0.15, -0.1) is 37.2 Å². The van der Waals surface area contributed by atoms with Crippen molar-refractivity contribution in [3.63, 3.8) is 0 Å². The second-order valence-electron chi connectivity index (χ2n) is 25.3. The Morgan fingerprint density at radius 2 is 0.922 bits per heavy atom. The smallest absolute Gasteiger partial charge is 1.00 e. The summed E-state index contributed by atoms with van der Waals surface area (Å²) in [5.74, 6) is 10.2. The number of rotatable bonds is 28. The number of hydrogen-bond acceptors (Lipinski definition) is 10. The van der Waals surface area contributed by atoms with Crippen molar-refractivity contribution in [2.45, 2.75) is 77.7 Å². The van der Waals surface area contributed by atoms with Crippen LogP contribution in [0.15, 0.2) is 286 Å². The molecule has 0 heterocycles. The molecule has 0 aliphatic heterocycles. The molecule has 0 spiro atoms. The van der Waals surface area contributed by atoms with Crippen molar-refractivity contribution in [3.05, 3.63) is 376 Å². The summed E-state index contributed by atoms with van der Waals surface area (Å²) in [6.45, 7) is 15.5. The van der Waals surface area contributed by atoms with Gasteiger partial charge in [0.15, 0.2) is 0 Å². The maximum Gasteiger partial charge on any atom is 2.00 e. The van der Waals surface area contributed by atoms with Gasteiger partial charge in [0.25, 0.3) is 0 Å². The van der Waals surface area contributed by atoms with Gasteiger partial charge in [0.05, 0.1) is 19.6 Å². The Labute approximate surface area is 736 Å². The van der Waals surface area contributed by atoms with E-state index in [4.69, 9.17) is 4.74 Å². The van der Waals surface area contributed by atoms with Crippen molar-refractivity contribution in [2.24, 2.45) is 0 Å². The van der Waals surface area contributed by atoms with E-state index in [2.05, 4.69) is 123 Å². The molecule has 0 atom stereocenters. The normalized spacial score (nSPS) is 9.83. The molecule has 0 amide bonds. The summed E-state index contributed by atoms with van der Waals surface area (Å²) in [5, 5.41) is 17.6. The fourth-order valence-corrected chi connectivity index (χ4v) is 11.2. The van der Waals surface area contributed by atoms with Gasteiger partial charge in [-0.05, 0) is 238 Å². The third kappa shape index (κ3) is 44.7. The van der Waals surface area contributed by atoms with Gasteiger partial charge in [0.1, 0.15) is 40.5 Å². The van der Waals surface area contributed by atoms with Gasteiger partial charge in [0.2, 0.25) is 0 Å². The molecule has 10 aromatic rings. The topological polar surface area (TPSA) is 107 Å². The van der Waals surface area contributed by atoms with Gasteiger partial charge in [0, 0.05) is 78.0 Å². The fourth-order valence-electron chi connectivity index (χ4n) is 11.1. The minimum absolute atomic E-state index is 0. The molecule has 0 aliphatic carbocycles. The molecule has 0 aliphatic rings. The monoisotopic (exact) mass is 1730 g/mol. The van der Waals surface area contributed by atoms with Crippen LogP contribution in [0.1, 0.15) is 110 Å². The number of halogens is 10. The molecule has 3 N–H and O–H groups in total. The Kier molecular flexibility index (Phi) is 58.8. The molecule has 0 radical (unpaired) electrons. The molecule has 0 saturated carbocycles. The quantitative estimate of drug-likeness (QED) is 0.0144. The van der Waals surface area contributed by atoms with Crippen LogP contribution in [0.25, 0.3) is 5.57 Å². The van der Waals surface area contributed by atoms with E-state index in [1.807, 2.05) is 157 Å². The summed E-state index contributed by atoms with van der Waals surface area (Å²) in [4.78, 5) is 30.0. The first-order chi connectivity index (χ1) is 54.2. The van der Waals surface area contributed by atoms with E-state index in [1.54, 1.807) is 62.4 Å². The van der Waals surface area contributed by atoms with Crippen LogP contribution in [0.3, 0.4) is 0 Å². The molecule has 0 unspecified atom stereocenters. The summed E-state index contributed by atoms with van der Waals surface area (Å²) < 4.78 is 91.0. The van der Waals surface area contributed by atoms with Crippen molar-refractivity contribution in [3.8, 4) is 34.4 Å². The van der Waals surface area contributed by atoms with Crippen molar-refractivity contribution >= 4 is 93.7 Å². The zero-order valence-electron chi connectivity index (χ0n) is 70.0. The molecular formula is C95H114BrCl3F6MgN5O5+. The first kappa shape index (κ1) is 107. The van der Waals surface area contributed by atoms with E-state index in [9.17, 15) is 41.0 Å². The Bertz CT molecular complexity index is 4480. The molecule has 10 nitrogen and oxygen atoms in total. The van der Waals surface area contributed by atoms with Crippen LogP contribution < -0.4 is 10.6 Å². The van der Waals surface area contributed by atoms with Crippen LogP contribution in [-0.4, -0.2) is 129 Å². The van der Waals surface area contributed by atoms with Gasteiger partial charge < -0.3 is 37.9 Å². The van der Waals surface area contributed by atoms with E-state index in [-0.39, 0.29) is 110 Å². The van der Waals surface area contributed by atoms with E-state index >= 15 is 0 Å². The van der Waals surface area contributed by atoms with Crippen LogP contribution >= 0.6 is 53.2 Å². The number of hydrogen-bond donors (Lipinski definition) is 3. The summed E-state index contributed by atoms with van der Waals surface area (Å²) >= 11 is 2.89. The minimum atomic E-state index is -1.48. The maximum atomic E-state index is 13.8. The predicted molar refractivity (Wildman–Crippen MR) is 484 cm³/mol. The Balaban J connectivity index is -0.000000261. The number of nitrogens with zero attached hydrogens (tertiary/aromatic N) is 3. The van der Waals surface area contributed by atoms with E-state index in [1.165, 1.54) is 95.1 Å². The first-order valence-electron chi connectivity index (χ1n) is 36.6.